The maximum absolute atomic E-state index is 11.7. The molecular weight excluding hydrogens is 256 g/mol. The van der Waals surface area contributed by atoms with Gasteiger partial charge in [-0.15, -0.1) is 0 Å². The predicted octanol–water partition coefficient (Wildman–Crippen LogP) is 3.28. The van der Waals surface area contributed by atoms with Crippen molar-refractivity contribution in [1.82, 2.24) is 0 Å². The first-order valence-corrected chi connectivity index (χ1v) is 5.94. The van der Waals surface area contributed by atoms with Crippen molar-refractivity contribution in [2.24, 2.45) is 5.41 Å². The molecule has 0 amide bonds. The predicted molar refractivity (Wildman–Crippen MR) is 65.0 cm³/mol. The lowest BCUT2D eigenvalue weighted by Gasteiger charge is -2.29. The standard InChI is InChI=1S/C13H13ClO4/c1-13(2)6-8(15)11(14)10(7-13)18-12(16)9-4-3-5-17-9/h3-5H,6-7H2,1-2H3. The van der Waals surface area contributed by atoms with E-state index in [-0.39, 0.29) is 27.7 Å². The number of allylic oxidation sites excluding steroid dienone is 2. The van der Waals surface area contributed by atoms with Crippen molar-refractivity contribution in [3.05, 3.63) is 34.9 Å². The monoisotopic (exact) mass is 268 g/mol. The number of hydrogen-bond donors (Lipinski definition) is 0. The molecule has 0 radical (unpaired) electrons. The van der Waals surface area contributed by atoms with Crippen molar-refractivity contribution >= 4 is 23.4 Å². The van der Waals surface area contributed by atoms with E-state index < -0.39 is 5.97 Å². The SMILES string of the molecule is CC1(C)CC(=O)C(Cl)=C(OC(=O)c2ccco2)C1. The molecule has 0 unspecified atom stereocenters. The van der Waals surface area contributed by atoms with Crippen LogP contribution in [0.25, 0.3) is 0 Å². The average molecular weight is 269 g/mol. The van der Waals surface area contributed by atoms with E-state index in [1.165, 1.54) is 12.3 Å². The molecule has 1 heterocycles. The maximum atomic E-state index is 11.7. The van der Waals surface area contributed by atoms with Gasteiger partial charge in [0.25, 0.3) is 0 Å². The number of hydrogen-bond acceptors (Lipinski definition) is 4. The van der Waals surface area contributed by atoms with Gasteiger partial charge in [-0.2, -0.15) is 0 Å². The van der Waals surface area contributed by atoms with Crippen LogP contribution in [0.5, 0.6) is 0 Å². The Morgan fingerprint density at radius 3 is 2.78 bits per heavy atom. The summed E-state index contributed by atoms with van der Waals surface area (Å²) < 4.78 is 10.1. The van der Waals surface area contributed by atoms with E-state index in [4.69, 9.17) is 20.8 Å². The van der Waals surface area contributed by atoms with Crippen molar-refractivity contribution < 1.29 is 18.7 Å². The van der Waals surface area contributed by atoms with E-state index in [1.807, 2.05) is 13.8 Å². The molecule has 0 N–H and O–H groups in total. The normalized spacial score (nSPS) is 18.9. The highest BCUT2D eigenvalue weighted by Gasteiger charge is 2.34. The summed E-state index contributed by atoms with van der Waals surface area (Å²) in [4.78, 5) is 23.4. The highest BCUT2D eigenvalue weighted by molar-refractivity contribution is 6.43. The van der Waals surface area contributed by atoms with Crippen LogP contribution in [0.4, 0.5) is 0 Å². The van der Waals surface area contributed by atoms with Crippen molar-refractivity contribution in [3.63, 3.8) is 0 Å². The van der Waals surface area contributed by atoms with E-state index in [1.54, 1.807) is 6.07 Å². The Morgan fingerprint density at radius 2 is 2.17 bits per heavy atom. The van der Waals surface area contributed by atoms with E-state index >= 15 is 0 Å². The van der Waals surface area contributed by atoms with Gasteiger partial charge >= 0.3 is 5.97 Å². The summed E-state index contributed by atoms with van der Waals surface area (Å²) >= 11 is 5.89. The van der Waals surface area contributed by atoms with E-state index in [9.17, 15) is 9.59 Å². The van der Waals surface area contributed by atoms with Crippen molar-refractivity contribution in [3.8, 4) is 0 Å². The quantitative estimate of drug-likeness (QED) is 0.773. The number of rotatable bonds is 2. The minimum Gasteiger partial charge on any atom is -0.457 e. The summed E-state index contributed by atoms with van der Waals surface area (Å²) in [6.45, 7) is 3.85. The van der Waals surface area contributed by atoms with Gasteiger partial charge in [0.05, 0.1) is 6.26 Å². The van der Waals surface area contributed by atoms with E-state index in [0.717, 1.165) is 0 Å². The van der Waals surface area contributed by atoms with Crippen LogP contribution in [0.3, 0.4) is 0 Å². The van der Waals surface area contributed by atoms with Gasteiger partial charge in [0.15, 0.2) is 5.78 Å². The molecule has 0 fully saturated rings. The smallest absolute Gasteiger partial charge is 0.379 e. The Morgan fingerprint density at radius 1 is 1.44 bits per heavy atom. The van der Waals surface area contributed by atoms with Gasteiger partial charge in [-0.3, -0.25) is 4.79 Å². The number of ether oxygens (including phenoxy) is 1. The highest BCUT2D eigenvalue weighted by atomic mass is 35.5. The number of ketones is 1. The summed E-state index contributed by atoms with van der Waals surface area (Å²) in [5, 5.41) is 0.00855. The molecule has 0 saturated carbocycles. The Labute approximate surface area is 110 Å². The van der Waals surface area contributed by atoms with Crippen LogP contribution in [0, 0.1) is 5.41 Å². The molecule has 0 bridgehead atoms. The van der Waals surface area contributed by atoms with Gasteiger partial charge in [0, 0.05) is 12.8 Å². The second kappa shape index (κ2) is 4.61. The second-order valence-corrected chi connectivity index (χ2v) is 5.42. The molecule has 1 aliphatic rings. The van der Waals surface area contributed by atoms with E-state index in [0.29, 0.717) is 12.8 Å². The fourth-order valence-corrected chi connectivity index (χ4v) is 2.05. The number of carbonyl (C=O) groups excluding carboxylic acids is 2. The van der Waals surface area contributed by atoms with Crippen LogP contribution in [-0.4, -0.2) is 11.8 Å². The zero-order valence-electron chi connectivity index (χ0n) is 10.2. The highest BCUT2D eigenvalue weighted by Crippen LogP contribution is 2.38. The summed E-state index contributed by atoms with van der Waals surface area (Å²) in [5.41, 5.74) is -0.256. The van der Waals surface area contributed by atoms with Crippen LogP contribution in [0.15, 0.2) is 33.6 Å². The van der Waals surface area contributed by atoms with Crippen molar-refractivity contribution in [2.75, 3.05) is 0 Å². The first-order chi connectivity index (χ1) is 8.39. The fraction of sp³-hybridized carbons (Fsp3) is 0.385. The minimum absolute atomic E-state index is 0.00855. The van der Waals surface area contributed by atoms with Crippen LogP contribution in [0.2, 0.25) is 0 Å². The lowest BCUT2D eigenvalue weighted by atomic mass is 9.79. The fourth-order valence-electron chi connectivity index (χ4n) is 1.88. The minimum atomic E-state index is -0.640. The van der Waals surface area contributed by atoms with Crippen LogP contribution in [-0.2, 0) is 9.53 Å². The van der Waals surface area contributed by atoms with Crippen molar-refractivity contribution in [2.45, 2.75) is 26.7 Å². The molecule has 1 aromatic heterocycles. The molecule has 1 aromatic rings. The third kappa shape index (κ3) is 2.64. The molecule has 0 spiro atoms. The van der Waals surface area contributed by atoms with Crippen LogP contribution >= 0.6 is 11.6 Å². The Balaban J connectivity index is 2.20. The summed E-state index contributed by atoms with van der Waals surface area (Å²) in [6, 6.07) is 3.08. The Kier molecular flexibility index (Phi) is 3.30. The molecule has 96 valence electrons. The van der Waals surface area contributed by atoms with Crippen LogP contribution < -0.4 is 0 Å². The molecule has 0 saturated heterocycles. The number of Topliss-reactive ketones (excluding diaryl/α,β-unsaturated/α-hetero) is 1. The van der Waals surface area contributed by atoms with Gasteiger partial charge in [-0.25, -0.2) is 4.79 Å². The summed E-state index contributed by atoms with van der Waals surface area (Å²) in [6.07, 6.45) is 2.18. The lowest BCUT2D eigenvalue weighted by Crippen LogP contribution is -2.26. The number of halogens is 1. The Bertz CT molecular complexity index is 511. The Hall–Kier alpha value is -1.55. The zero-order chi connectivity index (χ0) is 13.3. The molecule has 4 nitrogen and oxygen atoms in total. The van der Waals surface area contributed by atoms with Gasteiger partial charge in [0.2, 0.25) is 5.76 Å². The van der Waals surface area contributed by atoms with Gasteiger partial charge in [0.1, 0.15) is 10.8 Å². The lowest BCUT2D eigenvalue weighted by molar-refractivity contribution is -0.117. The third-order valence-electron chi connectivity index (χ3n) is 2.71. The van der Waals surface area contributed by atoms with E-state index in [2.05, 4.69) is 0 Å². The van der Waals surface area contributed by atoms with Gasteiger partial charge < -0.3 is 9.15 Å². The van der Waals surface area contributed by atoms with Crippen molar-refractivity contribution in [1.29, 1.82) is 0 Å². The molecule has 0 atom stereocenters. The second-order valence-electron chi connectivity index (χ2n) is 5.04. The van der Waals surface area contributed by atoms with Gasteiger partial charge in [-0.05, 0) is 17.5 Å². The summed E-state index contributed by atoms with van der Waals surface area (Å²) in [5.74, 6) is -0.532. The molecule has 1 aliphatic carbocycles. The zero-order valence-corrected chi connectivity index (χ0v) is 10.9. The van der Waals surface area contributed by atoms with Crippen LogP contribution in [0.1, 0.15) is 37.2 Å². The summed E-state index contributed by atoms with van der Waals surface area (Å²) in [7, 11) is 0. The largest absolute Gasteiger partial charge is 0.457 e. The first kappa shape index (κ1) is 12.9. The topological polar surface area (TPSA) is 56.5 Å². The maximum Gasteiger partial charge on any atom is 0.379 e. The third-order valence-corrected chi connectivity index (χ3v) is 3.13. The number of esters is 1. The average Bonchev–Trinajstić information content (AvgIpc) is 2.77. The molecule has 0 aliphatic heterocycles. The number of carbonyl (C=O) groups is 2. The molecular formula is C13H13ClO4. The molecule has 0 aromatic carbocycles. The first-order valence-electron chi connectivity index (χ1n) is 5.56. The number of furan rings is 1. The molecule has 5 heteroatoms. The van der Waals surface area contributed by atoms with Gasteiger partial charge in [-0.1, -0.05) is 25.4 Å². The molecule has 18 heavy (non-hydrogen) atoms. The molecule has 2 rings (SSSR count).